The highest BCUT2D eigenvalue weighted by Crippen LogP contribution is 2.06. The molecule has 0 radical (unpaired) electrons. The SMILES string of the molecule is CCCNCCCCS(=O)(=O)N(CCCOC)CCOC. The Morgan fingerprint density at radius 2 is 1.67 bits per heavy atom. The highest BCUT2D eigenvalue weighted by atomic mass is 32.2. The summed E-state index contributed by atoms with van der Waals surface area (Å²) in [4.78, 5) is 0. The highest BCUT2D eigenvalue weighted by Gasteiger charge is 2.20. The van der Waals surface area contributed by atoms with Crippen molar-refractivity contribution in [3.63, 3.8) is 0 Å². The van der Waals surface area contributed by atoms with E-state index in [0.717, 1.165) is 25.9 Å². The summed E-state index contributed by atoms with van der Waals surface area (Å²) in [6, 6.07) is 0. The molecule has 1 N–H and O–H groups in total. The van der Waals surface area contributed by atoms with E-state index in [4.69, 9.17) is 9.47 Å². The van der Waals surface area contributed by atoms with Gasteiger partial charge in [-0.2, -0.15) is 4.31 Å². The van der Waals surface area contributed by atoms with Gasteiger partial charge >= 0.3 is 0 Å². The minimum atomic E-state index is -3.20. The number of hydrogen-bond acceptors (Lipinski definition) is 5. The fraction of sp³-hybridized carbons (Fsp3) is 1.00. The molecule has 6 nitrogen and oxygen atoms in total. The lowest BCUT2D eigenvalue weighted by atomic mass is 10.3. The number of nitrogens with one attached hydrogen (secondary N) is 1. The molecule has 0 heterocycles. The lowest BCUT2D eigenvalue weighted by molar-refractivity contribution is 0.164. The molecular weight excluding hydrogens is 292 g/mol. The fourth-order valence-electron chi connectivity index (χ4n) is 1.93. The molecule has 0 saturated heterocycles. The maximum absolute atomic E-state index is 12.3. The third-order valence-corrected chi connectivity index (χ3v) is 5.08. The molecule has 0 aromatic heterocycles. The van der Waals surface area contributed by atoms with E-state index in [-0.39, 0.29) is 5.75 Å². The molecule has 7 heteroatoms. The average Bonchev–Trinajstić information content (AvgIpc) is 2.46. The molecule has 0 fully saturated rings. The molecule has 0 aliphatic heterocycles. The zero-order valence-electron chi connectivity index (χ0n) is 13.8. The van der Waals surface area contributed by atoms with Crippen LogP contribution in [0.4, 0.5) is 0 Å². The second-order valence-electron chi connectivity index (χ2n) is 5.01. The third kappa shape index (κ3) is 11.1. The molecule has 0 atom stereocenters. The van der Waals surface area contributed by atoms with Gasteiger partial charge in [-0.3, -0.25) is 0 Å². The zero-order chi connectivity index (χ0) is 16.0. The van der Waals surface area contributed by atoms with Crippen molar-refractivity contribution in [3.05, 3.63) is 0 Å². The van der Waals surface area contributed by atoms with Crippen molar-refractivity contribution in [1.29, 1.82) is 0 Å². The van der Waals surface area contributed by atoms with Crippen LogP contribution in [-0.2, 0) is 19.5 Å². The van der Waals surface area contributed by atoms with E-state index in [0.29, 0.717) is 39.1 Å². The summed E-state index contributed by atoms with van der Waals surface area (Å²) < 4.78 is 36.2. The smallest absolute Gasteiger partial charge is 0.214 e. The first-order chi connectivity index (χ1) is 10.1. The van der Waals surface area contributed by atoms with Crippen LogP contribution >= 0.6 is 0 Å². The molecule has 0 unspecified atom stereocenters. The minimum Gasteiger partial charge on any atom is -0.385 e. The fourth-order valence-corrected chi connectivity index (χ4v) is 3.52. The molecule has 0 spiro atoms. The molecule has 0 bridgehead atoms. The van der Waals surface area contributed by atoms with Crippen molar-refractivity contribution >= 4 is 10.0 Å². The molecule has 21 heavy (non-hydrogen) atoms. The van der Waals surface area contributed by atoms with E-state index in [2.05, 4.69) is 12.2 Å². The normalized spacial score (nSPS) is 12.2. The Kier molecular flexibility index (Phi) is 13.3. The van der Waals surface area contributed by atoms with Crippen LogP contribution in [-0.4, -0.2) is 72.1 Å². The van der Waals surface area contributed by atoms with Crippen LogP contribution in [0, 0.1) is 0 Å². The number of methoxy groups -OCH3 is 2. The van der Waals surface area contributed by atoms with Crippen molar-refractivity contribution in [3.8, 4) is 0 Å². The molecule has 0 aromatic carbocycles. The summed E-state index contributed by atoms with van der Waals surface area (Å²) in [7, 11) is 0.00719. The Hall–Kier alpha value is -0.210. The highest BCUT2D eigenvalue weighted by molar-refractivity contribution is 7.89. The van der Waals surface area contributed by atoms with Crippen molar-refractivity contribution in [2.75, 3.05) is 59.4 Å². The van der Waals surface area contributed by atoms with Crippen LogP contribution in [0.1, 0.15) is 32.6 Å². The van der Waals surface area contributed by atoms with Gasteiger partial charge in [0.2, 0.25) is 10.0 Å². The number of nitrogens with zero attached hydrogens (tertiary/aromatic N) is 1. The summed E-state index contributed by atoms with van der Waals surface area (Å²) in [6.45, 7) is 5.88. The summed E-state index contributed by atoms with van der Waals surface area (Å²) in [5.41, 5.74) is 0. The summed E-state index contributed by atoms with van der Waals surface area (Å²) >= 11 is 0. The van der Waals surface area contributed by atoms with Gasteiger partial charge in [0.1, 0.15) is 0 Å². The predicted molar refractivity (Wildman–Crippen MR) is 86.1 cm³/mol. The van der Waals surface area contributed by atoms with E-state index >= 15 is 0 Å². The van der Waals surface area contributed by atoms with Gasteiger partial charge in [-0.05, 0) is 38.8 Å². The van der Waals surface area contributed by atoms with Gasteiger partial charge in [-0.15, -0.1) is 0 Å². The van der Waals surface area contributed by atoms with Crippen molar-refractivity contribution in [1.82, 2.24) is 9.62 Å². The first-order valence-electron chi connectivity index (χ1n) is 7.75. The van der Waals surface area contributed by atoms with Crippen LogP contribution in [0.5, 0.6) is 0 Å². The second-order valence-corrected chi connectivity index (χ2v) is 7.10. The molecule has 0 aliphatic rings. The monoisotopic (exact) mass is 324 g/mol. The first kappa shape index (κ1) is 20.8. The van der Waals surface area contributed by atoms with Crippen molar-refractivity contribution in [2.24, 2.45) is 0 Å². The average molecular weight is 324 g/mol. The van der Waals surface area contributed by atoms with Crippen LogP contribution in [0.15, 0.2) is 0 Å². The second kappa shape index (κ2) is 13.5. The largest absolute Gasteiger partial charge is 0.385 e. The summed E-state index contributed by atoms with van der Waals surface area (Å²) in [5, 5.41) is 3.28. The molecule has 0 saturated carbocycles. The number of ether oxygens (including phenoxy) is 2. The van der Waals surface area contributed by atoms with E-state index in [1.807, 2.05) is 0 Å². The van der Waals surface area contributed by atoms with E-state index in [1.165, 1.54) is 4.31 Å². The molecule has 0 aromatic rings. The molecule has 0 amide bonds. The number of unbranched alkanes of at least 4 members (excludes halogenated alkanes) is 1. The van der Waals surface area contributed by atoms with Gasteiger partial charge in [-0.1, -0.05) is 6.92 Å². The quantitative estimate of drug-likeness (QED) is 0.457. The standard InChI is InChI=1S/C14H32N2O4S/c1-4-8-15-9-5-6-14-21(17,18)16(11-13-20-3)10-7-12-19-2/h15H,4-14H2,1-3H3. The third-order valence-electron chi connectivity index (χ3n) is 3.13. The zero-order valence-corrected chi connectivity index (χ0v) is 14.6. The Bertz CT molecular complexity index is 323. The van der Waals surface area contributed by atoms with Crippen molar-refractivity contribution in [2.45, 2.75) is 32.6 Å². The van der Waals surface area contributed by atoms with E-state index in [1.54, 1.807) is 14.2 Å². The Labute approximate surface area is 130 Å². The minimum absolute atomic E-state index is 0.206. The van der Waals surface area contributed by atoms with E-state index < -0.39 is 10.0 Å². The lowest BCUT2D eigenvalue weighted by Crippen LogP contribution is -2.37. The maximum atomic E-state index is 12.3. The number of sulfonamides is 1. The van der Waals surface area contributed by atoms with Crippen LogP contribution in [0.2, 0.25) is 0 Å². The van der Waals surface area contributed by atoms with Gasteiger partial charge in [-0.25, -0.2) is 8.42 Å². The first-order valence-corrected chi connectivity index (χ1v) is 9.35. The summed E-state index contributed by atoms with van der Waals surface area (Å²) in [5.74, 6) is 0.206. The molecule has 0 aliphatic carbocycles. The Morgan fingerprint density at radius 1 is 0.952 bits per heavy atom. The van der Waals surface area contributed by atoms with Gasteiger partial charge in [0.15, 0.2) is 0 Å². The number of hydrogen-bond donors (Lipinski definition) is 1. The molecular formula is C14H32N2O4S. The topological polar surface area (TPSA) is 67.9 Å². The van der Waals surface area contributed by atoms with Gasteiger partial charge in [0.05, 0.1) is 12.4 Å². The summed E-state index contributed by atoms with van der Waals surface area (Å²) in [6.07, 6.45) is 3.38. The van der Waals surface area contributed by atoms with Crippen molar-refractivity contribution < 1.29 is 17.9 Å². The van der Waals surface area contributed by atoms with Gasteiger partial charge in [0.25, 0.3) is 0 Å². The van der Waals surface area contributed by atoms with Crippen LogP contribution in [0.25, 0.3) is 0 Å². The van der Waals surface area contributed by atoms with Crippen LogP contribution < -0.4 is 5.32 Å². The van der Waals surface area contributed by atoms with Gasteiger partial charge in [0, 0.05) is 33.9 Å². The lowest BCUT2D eigenvalue weighted by Gasteiger charge is -2.21. The Balaban J connectivity index is 4.14. The molecule has 128 valence electrons. The predicted octanol–water partition coefficient (Wildman–Crippen LogP) is 1.08. The van der Waals surface area contributed by atoms with E-state index in [9.17, 15) is 8.42 Å². The Morgan fingerprint density at radius 3 is 2.29 bits per heavy atom. The van der Waals surface area contributed by atoms with Crippen LogP contribution in [0.3, 0.4) is 0 Å². The van der Waals surface area contributed by atoms with Gasteiger partial charge < -0.3 is 14.8 Å². The maximum Gasteiger partial charge on any atom is 0.214 e. The molecule has 0 rings (SSSR count). The number of rotatable bonds is 15.